The van der Waals surface area contributed by atoms with E-state index in [9.17, 15) is 9.90 Å². The smallest absolute Gasteiger partial charge is 0.227 e. The number of nitrogens with zero attached hydrogens (tertiary/aromatic N) is 2. The van der Waals surface area contributed by atoms with Gasteiger partial charge in [0.15, 0.2) is 0 Å². The zero-order valence-corrected chi connectivity index (χ0v) is 25.5. The van der Waals surface area contributed by atoms with Gasteiger partial charge in [0.05, 0.1) is 61.6 Å². The summed E-state index contributed by atoms with van der Waals surface area (Å²) in [5, 5.41) is 14.8. The van der Waals surface area contributed by atoms with Gasteiger partial charge in [0, 0.05) is 46.4 Å². The molecular weight excluding hydrogens is 553 g/mol. The zero-order chi connectivity index (χ0) is 29.3. The fourth-order valence-electron chi connectivity index (χ4n) is 4.51. The number of ether oxygens (including phenoxy) is 3. The molecule has 8 nitrogen and oxygen atoms in total. The summed E-state index contributed by atoms with van der Waals surface area (Å²) >= 11 is 12.2. The van der Waals surface area contributed by atoms with Crippen molar-refractivity contribution in [2.75, 3.05) is 73.4 Å². The maximum absolute atomic E-state index is 13.3. The van der Waals surface area contributed by atoms with E-state index in [1.807, 2.05) is 37.3 Å². The van der Waals surface area contributed by atoms with E-state index < -0.39 is 6.10 Å². The fourth-order valence-corrected chi connectivity index (χ4v) is 4.83. The van der Waals surface area contributed by atoms with Crippen LogP contribution in [0.15, 0.2) is 54.7 Å². The Hall–Kier alpha value is -1.75. The van der Waals surface area contributed by atoms with E-state index in [4.69, 9.17) is 37.4 Å². The summed E-state index contributed by atoms with van der Waals surface area (Å²) in [6.07, 6.45) is 8.17. The van der Waals surface area contributed by atoms with Gasteiger partial charge < -0.3 is 29.5 Å². The molecule has 0 radical (unpaired) electrons. The number of hydrogen-bond acceptors (Lipinski definition) is 7. The van der Waals surface area contributed by atoms with Crippen LogP contribution in [-0.2, 0) is 25.4 Å². The molecule has 0 bridgehead atoms. The van der Waals surface area contributed by atoms with E-state index in [1.54, 1.807) is 31.2 Å². The topological polar surface area (TPSA) is 83.5 Å². The van der Waals surface area contributed by atoms with Crippen LogP contribution in [0, 0.1) is 0 Å². The van der Waals surface area contributed by atoms with E-state index in [-0.39, 0.29) is 24.4 Å². The number of hydrogen-bond donors (Lipinski definition) is 2. The van der Waals surface area contributed by atoms with Gasteiger partial charge in [-0.25, -0.2) is 0 Å². The highest BCUT2D eigenvalue weighted by Crippen LogP contribution is 2.24. The predicted molar refractivity (Wildman–Crippen MR) is 162 cm³/mol. The van der Waals surface area contributed by atoms with Crippen molar-refractivity contribution in [3.05, 3.63) is 70.3 Å². The van der Waals surface area contributed by atoms with Crippen LogP contribution in [0.3, 0.4) is 0 Å². The fraction of sp³-hybridized carbons (Fsp3) is 0.567. The number of allylic oxidation sites excluding steroid dienone is 3. The first kappa shape index (κ1) is 34.5. The number of carbonyl (C=O) groups is 1. The number of amides is 1. The van der Waals surface area contributed by atoms with Gasteiger partial charge >= 0.3 is 0 Å². The van der Waals surface area contributed by atoms with E-state index in [2.05, 4.69) is 16.8 Å². The third-order valence-corrected chi connectivity index (χ3v) is 7.50. The molecule has 0 aromatic heterocycles. The van der Waals surface area contributed by atoms with Gasteiger partial charge in [0.2, 0.25) is 5.91 Å². The first-order chi connectivity index (χ1) is 19.3. The Morgan fingerprint density at radius 3 is 2.62 bits per heavy atom. The molecule has 0 aliphatic carbocycles. The molecule has 1 aromatic rings. The van der Waals surface area contributed by atoms with Crippen LogP contribution in [0.5, 0.6) is 0 Å². The minimum absolute atomic E-state index is 0.0539. The summed E-state index contributed by atoms with van der Waals surface area (Å²) in [4.78, 5) is 17.3. The lowest BCUT2D eigenvalue weighted by molar-refractivity contribution is -0.130. The van der Waals surface area contributed by atoms with Gasteiger partial charge in [0.1, 0.15) is 0 Å². The number of nitrogens with one attached hydrogen (secondary N) is 1. The van der Waals surface area contributed by atoms with E-state index in [0.29, 0.717) is 75.7 Å². The molecule has 224 valence electrons. The van der Waals surface area contributed by atoms with Crippen LogP contribution >= 0.6 is 23.2 Å². The molecule has 1 heterocycles. The zero-order valence-electron chi connectivity index (χ0n) is 24.0. The molecule has 3 atom stereocenters. The third kappa shape index (κ3) is 12.4. The number of carbonyl (C=O) groups excluding carboxylic acids is 1. The minimum Gasteiger partial charge on any atom is -0.392 e. The molecule has 2 N–H and O–H groups in total. The quantitative estimate of drug-likeness (QED) is 0.185. The Labute approximate surface area is 249 Å². The first-order valence-corrected chi connectivity index (χ1v) is 14.5. The summed E-state index contributed by atoms with van der Waals surface area (Å²) in [5.74, 6) is -0.0539. The Kier molecular flexibility index (Phi) is 16.7. The van der Waals surface area contributed by atoms with Gasteiger partial charge in [-0.2, -0.15) is 0 Å². The second-order valence-electron chi connectivity index (χ2n) is 9.82. The highest BCUT2D eigenvalue weighted by molar-refractivity contribution is 6.42. The number of aliphatic hydroxyl groups is 1. The standard InChI is InChI=1S/C30H45Cl2N3O5/c1-5-6-7-8-23(2)29(34(3)30(37)18-24-9-10-27(31)28(32)17-24)22-35-21-26(36)19-25(35)20-33-11-12-39-15-16-40-14-13-38-4/h5-10,17,25-26,29,33,36H,2,11-16,18-22H2,1,3-4H3/b6-5-,8-7-/t25-,26+,29+/m0/s1. The van der Waals surface area contributed by atoms with Crippen molar-refractivity contribution in [2.45, 2.75) is 38.0 Å². The van der Waals surface area contributed by atoms with Crippen molar-refractivity contribution >= 4 is 29.1 Å². The summed E-state index contributed by atoms with van der Waals surface area (Å²) < 4.78 is 16.0. The highest BCUT2D eigenvalue weighted by Gasteiger charge is 2.34. The Balaban J connectivity index is 1.96. The van der Waals surface area contributed by atoms with Gasteiger partial charge in [-0.05, 0) is 36.6 Å². The molecule has 40 heavy (non-hydrogen) atoms. The van der Waals surface area contributed by atoms with Crippen molar-refractivity contribution < 1.29 is 24.1 Å². The lowest BCUT2D eigenvalue weighted by atomic mass is 10.0. The van der Waals surface area contributed by atoms with Gasteiger partial charge in [-0.15, -0.1) is 0 Å². The number of benzene rings is 1. The van der Waals surface area contributed by atoms with Crippen LogP contribution in [0.2, 0.25) is 10.0 Å². The molecule has 1 aliphatic heterocycles. The van der Waals surface area contributed by atoms with Crippen molar-refractivity contribution in [3.8, 4) is 0 Å². The molecule has 0 saturated carbocycles. The average Bonchev–Trinajstić information content (AvgIpc) is 3.28. The lowest BCUT2D eigenvalue weighted by Gasteiger charge is -2.35. The van der Waals surface area contributed by atoms with Crippen molar-refractivity contribution in [1.82, 2.24) is 15.1 Å². The molecule has 1 saturated heterocycles. The van der Waals surface area contributed by atoms with Crippen molar-refractivity contribution in [2.24, 2.45) is 0 Å². The maximum Gasteiger partial charge on any atom is 0.227 e. The number of halogens is 2. The third-order valence-electron chi connectivity index (χ3n) is 6.76. The summed E-state index contributed by atoms with van der Waals surface area (Å²) in [6, 6.07) is 5.09. The van der Waals surface area contributed by atoms with Gasteiger partial charge in [-0.1, -0.05) is 60.2 Å². The molecule has 1 aliphatic rings. The number of likely N-dealkylation sites (tertiary alicyclic amines) is 1. The lowest BCUT2D eigenvalue weighted by Crippen LogP contribution is -2.49. The summed E-state index contributed by atoms with van der Waals surface area (Å²) in [6.45, 7) is 11.5. The number of likely N-dealkylation sites (N-methyl/N-ethyl adjacent to an activating group) is 1. The molecule has 10 heteroatoms. The van der Waals surface area contributed by atoms with Crippen molar-refractivity contribution in [1.29, 1.82) is 0 Å². The van der Waals surface area contributed by atoms with Crippen molar-refractivity contribution in [3.63, 3.8) is 0 Å². The van der Waals surface area contributed by atoms with Crippen LogP contribution in [-0.4, -0.2) is 112 Å². The summed E-state index contributed by atoms with van der Waals surface area (Å²) in [5.41, 5.74) is 1.61. The SMILES string of the molecule is C=C(/C=C\C=C/C)[C@@H](CN1C[C@H](O)C[C@H]1CNCCOCCOCCOC)N(C)C(=O)Cc1ccc(Cl)c(Cl)c1. The maximum atomic E-state index is 13.3. The molecule has 0 spiro atoms. The monoisotopic (exact) mass is 597 g/mol. The average molecular weight is 599 g/mol. The highest BCUT2D eigenvalue weighted by atomic mass is 35.5. The molecule has 2 rings (SSSR count). The number of rotatable bonds is 19. The Bertz CT molecular complexity index is 975. The molecular formula is C30H45Cl2N3O5. The first-order valence-electron chi connectivity index (χ1n) is 13.7. The Morgan fingerprint density at radius 2 is 1.93 bits per heavy atom. The number of aliphatic hydroxyl groups excluding tert-OH is 1. The predicted octanol–water partition coefficient (Wildman–Crippen LogP) is 3.76. The molecule has 1 amide bonds. The van der Waals surface area contributed by atoms with E-state index >= 15 is 0 Å². The summed E-state index contributed by atoms with van der Waals surface area (Å²) in [7, 11) is 3.45. The second kappa shape index (κ2) is 19.4. The van der Waals surface area contributed by atoms with Crippen LogP contribution < -0.4 is 5.32 Å². The Morgan fingerprint density at radius 1 is 1.20 bits per heavy atom. The minimum atomic E-state index is -0.419. The second-order valence-corrected chi connectivity index (χ2v) is 10.6. The van der Waals surface area contributed by atoms with Gasteiger partial charge in [-0.3, -0.25) is 9.69 Å². The molecule has 0 unspecified atom stereocenters. The van der Waals surface area contributed by atoms with Crippen LogP contribution in [0.25, 0.3) is 0 Å². The van der Waals surface area contributed by atoms with E-state index in [1.165, 1.54) is 0 Å². The number of β-amino-alcohol motifs (C(OH)–C–C–N with tert-alkyl or cyclic N) is 1. The van der Waals surface area contributed by atoms with Gasteiger partial charge in [0.25, 0.3) is 0 Å². The number of methoxy groups -OCH3 is 1. The molecule has 1 aromatic carbocycles. The normalized spacial score (nSPS) is 18.6. The largest absolute Gasteiger partial charge is 0.392 e. The van der Waals surface area contributed by atoms with E-state index in [0.717, 1.165) is 11.1 Å². The van der Waals surface area contributed by atoms with Crippen LogP contribution in [0.1, 0.15) is 18.9 Å². The molecule has 1 fully saturated rings. The van der Waals surface area contributed by atoms with Crippen LogP contribution in [0.4, 0.5) is 0 Å².